The van der Waals surface area contributed by atoms with E-state index >= 15 is 0 Å². The third kappa shape index (κ3) is 9.07. The number of aliphatic hydroxyl groups excluding tert-OH is 9. The molecule has 3 aliphatic rings. The molecule has 0 saturated carbocycles. The van der Waals surface area contributed by atoms with E-state index in [9.17, 15) is 70.6 Å². The van der Waals surface area contributed by atoms with Crippen LogP contribution >= 0.6 is 0 Å². The van der Waals surface area contributed by atoms with Gasteiger partial charge in [-0.2, -0.15) is 0 Å². The van der Waals surface area contributed by atoms with Crippen molar-refractivity contribution in [2.24, 2.45) is 0 Å². The van der Waals surface area contributed by atoms with E-state index in [-0.39, 0.29) is 17.1 Å². The molecule has 1 aromatic heterocycles. The first-order valence-electron chi connectivity index (χ1n) is 17.9. The highest BCUT2D eigenvalue weighted by Gasteiger charge is 2.51. The number of rotatable bonds is 12. The fourth-order valence-corrected chi connectivity index (χ4v) is 6.56. The molecule has 3 saturated heterocycles. The molecule has 3 aromatic rings. The summed E-state index contributed by atoms with van der Waals surface area (Å²) in [5.41, 5.74) is -1.41. The SMILES string of the molecule is C[C@H]1O[C@@H](Oc2c(-c3ccc(O)cc3)oc3cc(O[C@@H]4O[C@H](COC(=O)CC(=O)O)[C@H](O)[C@@H](O)[C@@H]4O)cc(O)c3c2=O)[C@@H](O[C@H]2O[C@H](CO)[C@H](O)[C@H](O)[C@H]2O)[C@H](O)[C@@H]1O. The van der Waals surface area contributed by atoms with Crippen LogP contribution in [0.5, 0.6) is 23.0 Å². The number of carbonyl (C=O) groups excluding carboxylic acids is 1. The van der Waals surface area contributed by atoms with Crippen LogP contribution in [-0.2, 0) is 33.3 Å². The molecule has 23 heteroatoms. The van der Waals surface area contributed by atoms with Gasteiger partial charge in [0.15, 0.2) is 18.2 Å². The quantitative estimate of drug-likeness (QED) is 0.0612. The largest absolute Gasteiger partial charge is 0.508 e. The van der Waals surface area contributed by atoms with Crippen molar-refractivity contribution in [3.05, 3.63) is 46.6 Å². The molecular weight excluding hydrogens is 800 g/mol. The minimum Gasteiger partial charge on any atom is -0.508 e. The van der Waals surface area contributed by atoms with Gasteiger partial charge >= 0.3 is 11.9 Å². The van der Waals surface area contributed by atoms with E-state index in [0.29, 0.717) is 0 Å². The summed E-state index contributed by atoms with van der Waals surface area (Å²) in [6.07, 6.45) is -27.5. The van der Waals surface area contributed by atoms with Crippen LogP contribution in [0, 0.1) is 0 Å². The predicted octanol–water partition coefficient (Wildman–Crippen LogP) is -3.89. The van der Waals surface area contributed by atoms with Crippen LogP contribution in [0.15, 0.2) is 45.6 Å². The van der Waals surface area contributed by atoms with E-state index in [1.165, 1.54) is 31.2 Å². The molecule has 59 heavy (non-hydrogen) atoms. The van der Waals surface area contributed by atoms with Gasteiger partial charge in [0.05, 0.1) is 12.7 Å². The van der Waals surface area contributed by atoms with Crippen molar-refractivity contribution >= 4 is 22.9 Å². The molecule has 23 nitrogen and oxygen atoms in total. The van der Waals surface area contributed by atoms with E-state index < -0.39 is 157 Å². The number of benzene rings is 2. The van der Waals surface area contributed by atoms with Gasteiger partial charge in [0.1, 0.15) is 102 Å². The van der Waals surface area contributed by atoms with Gasteiger partial charge in [-0.15, -0.1) is 0 Å². The predicted molar refractivity (Wildman–Crippen MR) is 187 cm³/mol. The molecule has 4 heterocycles. The van der Waals surface area contributed by atoms with Gasteiger partial charge < -0.3 is 98.9 Å². The Morgan fingerprint density at radius 2 is 1.36 bits per heavy atom. The van der Waals surface area contributed by atoms with Crippen LogP contribution in [0.4, 0.5) is 0 Å². The number of hydrogen-bond acceptors (Lipinski definition) is 22. The Bertz CT molecular complexity index is 2020. The van der Waals surface area contributed by atoms with E-state index in [4.69, 9.17) is 42.7 Å². The van der Waals surface area contributed by atoms with Crippen molar-refractivity contribution < 1.29 is 108 Å². The third-order valence-corrected chi connectivity index (χ3v) is 9.82. The van der Waals surface area contributed by atoms with Crippen molar-refractivity contribution in [1.82, 2.24) is 0 Å². The zero-order valence-corrected chi connectivity index (χ0v) is 30.6. The standard InChI is InChI=1S/C36H42O23/c1-11-22(43)28(49)33(59-35-30(51)26(47)23(44)17(9-37)56-35)36(53-11)58-32-25(46)21-15(39)6-14(7-16(21)55-31(32)12-2-4-13(38)5-3-12)54-34-29(50)27(48)24(45)18(57-34)10-52-20(42)8-19(40)41/h2-7,11,17-18,22-24,26-30,33-39,43-45,47-51H,8-10H2,1H3,(H,40,41)/t11-,17-,18-,22-,23+,24+,26+,27-,28-,29+,30-,33+,34-,35-,36+/m1/s1. The summed E-state index contributed by atoms with van der Waals surface area (Å²) >= 11 is 0. The number of carbonyl (C=O) groups is 2. The van der Waals surface area contributed by atoms with Gasteiger partial charge in [-0.3, -0.25) is 14.4 Å². The summed E-state index contributed by atoms with van der Waals surface area (Å²) in [6.45, 7) is -0.251. The number of carboxylic acid groups (broad SMARTS) is 1. The molecule has 3 fully saturated rings. The van der Waals surface area contributed by atoms with Crippen molar-refractivity contribution in [2.45, 2.75) is 105 Å². The Kier molecular flexibility index (Phi) is 13.3. The zero-order valence-electron chi connectivity index (χ0n) is 30.6. The topological polar surface area (TPSA) is 372 Å². The molecule has 0 aliphatic carbocycles. The fraction of sp³-hybridized carbons (Fsp3) is 0.528. The lowest BCUT2D eigenvalue weighted by Crippen LogP contribution is -2.64. The first-order valence-corrected chi connectivity index (χ1v) is 17.9. The molecular formula is C36H42O23. The molecule has 12 N–H and O–H groups in total. The number of aliphatic hydroxyl groups is 9. The Balaban J connectivity index is 1.35. The van der Waals surface area contributed by atoms with Gasteiger partial charge in [0.25, 0.3) is 0 Å². The zero-order chi connectivity index (χ0) is 43.0. The second-order valence-corrected chi connectivity index (χ2v) is 13.9. The number of fused-ring (bicyclic) bond motifs is 1. The van der Waals surface area contributed by atoms with E-state index in [1.54, 1.807) is 0 Å². The maximum absolute atomic E-state index is 14.3. The number of phenolic OH excluding ortho intramolecular Hbond substituents is 2. The minimum atomic E-state index is -1.97. The average molecular weight is 843 g/mol. The van der Waals surface area contributed by atoms with E-state index in [2.05, 4.69) is 0 Å². The molecule has 6 rings (SSSR count). The maximum Gasteiger partial charge on any atom is 0.317 e. The summed E-state index contributed by atoms with van der Waals surface area (Å²) in [5, 5.41) is 123. The average Bonchev–Trinajstić information content (AvgIpc) is 3.19. The second kappa shape index (κ2) is 17.9. The number of carboxylic acids is 1. The van der Waals surface area contributed by atoms with Crippen molar-refractivity contribution in [3.63, 3.8) is 0 Å². The molecule has 0 unspecified atom stereocenters. The van der Waals surface area contributed by atoms with Crippen LogP contribution in [0.25, 0.3) is 22.3 Å². The highest BCUT2D eigenvalue weighted by molar-refractivity contribution is 5.90. The maximum atomic E-state index is 14.3. The lowest BCUT2D eigenvalue weighted by Gasteiger charge is -2.45. The molecule has 0 spiro atoms. The smallest absolute Gasteiger partial charge is 0.317 e. The van der Waals surface area contributed by atoms with Gasteiger partial charge in [-0.05, 0) is 31.2 Å². The minimum absolute atomic E-state index is 0.0712. The van der Waals surface area contributed by atoms with Crippen LogP contribution in [0.3, 0.4) is 0 Å². The Hall–Kier alpha value is -4.73. The van der Waals surface area contributed by atoms with Gasteiger partial charge in [-0.1, -0.05) is 0 Å². The summed E-state index contributed by atoms with van der Waals surface area (Å²) < 4.78 is 44.9. The van der Waals surface area contributed by atoms with Crippen molar-refractivity contribution in [2.75, 3.05) is 13.2 Å². The van der Waals surface area contributed by atoms with Gasteiger partial charge in [0.2, 0.25) is 23.8 Å². The van der Waals surface area contributed by atoms with Crippen LogP contribution in [0.2, 0.25) is 0 Å². The number of esters is 1. The fourth-order valence-electron chi connectivity index (χ4n) is 6.56. The highest BCUT2D eigenvalue weighted by atomic mass is 16.8. The van der Waals surface area contributed by atoms with Crippen molar-refractivity contribution in [3.8, 4) is 34.3 Å². The normalized spacial score (nSPS) is 34.9. The Morgan fingerprint density at radius 3 is 2.00 bits per heavy atom. The van der Waals surface area contributed by atoms with Crippen LogP contribution in [0.1, 0.15) is 13.3 Å². The lowest BCUT2D eigenvalue weighted by molar-refractivity contribution is -0.355. The second-order valence-electron chi connectivity index (χ2n) is 13.9. The van der Waals surface area contributed by atoms with Crippen LogP contribution in [-0.4, -0.2) is 179 Å². The lowest BCUT2D eigenvalue weighted by atomic mass is 9.97. The number of aliphatic carboxylic acids is 1. The molecule has 0 amide bonds. The first-order chi connectivity index (χ1) is 27.9. The summed E-state index contributed by atoms with van der Waals surface area (Å²) in [4.78, 5) is 36.8. The highest BCUT2D eigenvalue weighted by Crippen LogP contribution is 2.39. The molecule has 15 atom stereocenters. The number of aromatic hydroxyl groups is 2. The molecule has 2 aromatic carbocycles. The molecule has 0 bridgehead atoms. The first kappa shape index (κ1) is 43.8. The number of phenols is 2. The van der Waals surface area contributed by atoms with Gasteiger partial charge in [0, 0.05) is 17.7 Å². The number of hydrogen-bond donors (Lipinski definition) is 12. The molecule has 3 aliphatic heterocycles. The van der Waals surface area contributed by atoms with Gasteiger partial charge in [-0.25, -0.2) is 0 Å². The third-order valence-electron chi connectivity index (χ3n) is 9.82. The molecule has 0 radical (unpaired) electrons. The molecule has 324 valence electrons. The monoisotopic (exact) mass is 842 g/mol. The van der Waals surface area contributed by atoms with Crippen molar-refractivity contribution in [1.29, 1.82) is 0 Å². The summed E-state index contributed by atoms with van der Waals surface area (Å²) in [6, 6.07) is 7.00. The van der Waals surface area contributed by atoms with E-state index in [1.807, 2.05) is 0 Å². The Labute approximate surface area is 330 Å². The summed E-state index contributed by atoms with van der Waals surface area (Å²) in [7, 11) is 0. The Morgan fingerprint density at radius 1 is 0.729 bits per heavy atom. The van der Waals surface area contributed by atoms with Crippen LogP contribution < -0.4 is 14.9 Å². The summed E-state index contributed by atoms with van der Waals surface area (Å²) in [5.74, 6) is -5.14. The number of ether oxygens (including phenoxy) is 7. The van der Waals surface area contributed by atoms with E-state index in [0.717, 1.165) is 12.1 Å².